The second kappa shape index (κ2) is 8.13. The first-order chi connectivity index (χ1) is 13.8. The van der Waals surface area contributed by atoms with E-state index in [4.69, 9.17) is 13.9 Å². The molecule has 0 saturated heterocycles. The first kappa shape index (κ1) is 17.4. The molecule has 0 aliphatic rings. The number of hydrogen-bond acceptors (Lipinski definition) is 7. The molecule has 3 aromatic heterocycles. The number of benzene rings is 1. The predicted molar refractivity (Wildman–Crippen MR) is 99.6 cm³/mol. The predicted octanol–water partition coefficient (Wildman–Crippen LogP) is 4.28. The molecule has 0 bridgehead atoms. The zero-order chi connectivity index (χ0) is 19.2. The maximum Gasteiger partial charge on any atom is 0.344 e. The van der Waals surface area contributed by atoms with E-state index in [1.54, 1.807) is 36.7 Å². The maximum absolute atomic E-state index is 12.5. The van der Waals surface area contributed by atoms with E-state index < -0.39 is 5.97 Å². The van der Waals surface area contributed by atoms with Crippen molar-refractivity contribution in [1.29, 1.82) is 0 Å². The summed E-state index contributed by atoms with van der Waals surface area (Å²) in [6.45, 7) is -0.104. The van der Waals surface area contributed by atoms with Gasteiger partial charge in [0.15, 0.2) is 12.4 Å². The molecule has 0 N–H and O–H groups in total. The number of carbonyl (C=O) groups is 1. The van der Waals surface area contributed by atoms with Gasteiger partial charge in [-0.3, -0.25) is 4.98 Å². The molecule has 0 fully saturated rings. The summed E-state index contributed by atoms with van der Waals surface area (Å²) in [4.78, 5) is 24.7. The second-order valence-corrected chi connectivity index (χ2v) is 5.71. The van der Waals surface area contributed by atoms with Crippen LogP contribution in [0.1, 0.15) is 16.2 Å². The maximum atomic E-state index is 12.5. The molecule has 7 heteroatoms. The Hall–Kier alpha value is -4.00. The van der Waals surface area contributed by atoms with E-state index in [1.807, 2.05) is 30.3 Å². The Morgan fingerprint density at radius 3 is 2.61 bits per heavy atom. The van der Waals surface area contributed by atoms with Crippen LogP contribution in [0.5, 0.6) is 11.6 Å². The van der Waals surface area contributed by atoms with Crippen molar-refractivity contribution in [3.8, 4) is 23.0 Å². The molecule has 0 spiro atoms. The molecule has 4 rings (SSSR count). The third-order valence-corrected chi connectivity index (χ3v) is 3.78. The fourth-order valence-corrected chi connectivity index (χ4v) is 2.46. The molecular formula is C21H15N3O4. The lowest BCUT2D eigenvalue weighted by Gasteiger charge is -2.08. The van der Waals surface area contributed by atoms with Crippen LogP contribution < -0.4 is 4.74 Å². The van der Waals surface area contributed by atoms with Crippen molar-refractivity contribution in [3.63, 3.8) is 0 Å². The third-order valence-electron chi connectivity index (χ3n) is 3.78. The molecule has 3 heterocycles. The molecule has 28 heavy (non-hydrogen) atoms. The van der Waals surface area contributed by atoms with Gasteiger partial charge in [0.2, 0.25) is 11.8 Å². The van der Waals surface area contributed by atoms with Crippen molar-refractivity contribution in [2.24, 2.45) is 0 Å². The molecule has 0 atom stereocenters. The Kier molecular flexibility index (Phi) is 5.06. The van der Waals surface area contributed by atoms with Crippen molar-refractivity contribution >= 4 is 5.97 Å². The monoisotopic (exact) mass is 373 g/mol. The van der Waals surface area contributed by atoms with Gasteiger partial charge in [-0.15, -0.1) is 0 Å². The summed E-state index contributed by atoms with van der Waals surface area (Å²) in [5, 5.41) is 0. The molecule has 0 unspecified atom stereocenters. The lowest BCUT2D eigenvalue weighted by molar-refractivity contribution is 0.0435. The minimum Gasteiger partial charge on any atom is -0.452 e. The normalized spacial score (nSPS) is 10.4. The quantitative estimate of drug-likeness (QED) is 0.466. The fourth-order valence-electron chi connectivity index (χ4n) is 2.46. The van der Waals surface area contributed by atoms with Gasteiger partial charge in [0.25, 0.3) is 0 Å². The van der Waals surface area contributed by atoms with E-state index in [-0.39, 0.29) is 18.1 Å². The van der Waals surface area contributed by atoms with E-state index in [0.29, 0.717) is 17.4 Å². The number of pyridine rings is 2. The van der Waals surface area contributed by atoms with Gasteiger partial charge in [0.1, 0.15) is 11.3 Å². The van der Waals surface area contributed by atoms with Gasteiger partial charge >= 0.3 is 5.97 Å². The third kappa shape index (κ3) is 4.04. The highest BCUT2D eigenvalue weighted by molar-refractivity contribution is 5.91. The molecule has 0 saturated carbocycles. The van der Waals surface area contributed by atoms with E-state index in [2.05, 4.69) is 15.0 Å². The van der Waals surface area contributed by atoms with Crippen LogP contribution in [0.15, 0.2) is 83.8 Å². The number of esters is 1. The summed E-state index contributed by atoms with van der Waals surface area (Å²) in [5.74, 6) is 0.916. The zero-order valence-corrected chi connectivity index (χ0v) is 14.7. The van der Waals surface area contributed by atoms with Gasteiger partial charge in [0, 0.05) is 18.0 Å². The number of carbonyl (C=O) groups excluding carboxylic acids is 1. The van der Waals surface area contributed by atoms with E-state index >= 15 is 0 Å². The SMILES string of the molecule is O=C(OCc1ncc(-c2ccccc2)o1)c1cccnc1Oc1cccnc1. The Bertz CT molecular complexity index is 1070. The molecule has 138 valence electrons. The molecule has 0 radical (unpaired) electrons. The van der Waals surface area contributed by atoms with Crippen molar-refractivity contribution < 1.29 is 18.7 Å². The highest BCUT2D eigenvalue weighted by atomic mass is 16.5. The summed E-state index contributed by atoms with van der Waals surface area (Å²) < 4.78 is 16.6. The zero-order valence-electron chi connectivity index (χ0n) is 14.7. The Morgan fingerprint density at radius 2 is 1.79 bits per heavy atom. The Labute approximate surface area is 160 Å². The molecule has 1 aromatic carbocycles. The minimum atomic E-state index is -0.591. The molecule has 7 nitrogen and oxygen atoms in total. The first-order valence-corrected chi connectivity index (χ1v) is 8.50. The molecule has 0 amide bonds. The van der Waals surface area contributed by atoms with Crippen LogP contribution in [-0.2, 0) is 11.3 Å². The van der Waals surface area contributed by atoms with E-state index in [0.717, 1.165) is 5.56 Å². The van der Waals surface area contributed by atoms with Crippen LogP contribution >= 0.6 is 0 Å². The fraction of sp³-hybridized carbons (Fsp3) is 0.0476. The summed E-state index contributed by atoms with van der Waals surface area (Å²) in [7, 11) is 0. The van der Waals surface area contributed by atoms with Crippen LogP contribution in [-0.4, -0.2) is 20.9 Å². The van der Waals surface area contributed by atoms with Crippen LogP contribution in [0, 0.1) is 0 Å². The number of hydrogen-bond donors (Lipinski definition) is 0. The van der Waals surface area contributed by atoms with Gasteiger partial charge in [-0.05, 0) is 24.3 Å². The van der Waals surface area contributed by atoms with Crippen LogP contribution in [0.2, 0.25) is 0 Å². The number of oxazole rings is 1. The topological polar surface area (TPSA) is 87.3 Å². The van der Waals surface area contributed by atoms with Crippen LogP contribution in [0.4, 0.5) is 0 Å². The van der Waals surface area contributed by atoms with Crippen molar-refractivity contribution in [2.45, 2.75) is 6.61 Å². The van der Waals surface area contributed by atoms with Gasteiger partial charge in [-0.1, -0.05) is 30.3 Å². The minimum absolute atomic E-state index is 0.104. The van der Waals surface area contributed by atoms with Crippen LogP contribution in [0.25, 0.3) is 11.3 Å². The largest absolute Gasteiger partial charge is 0.452 e. The molecule has 0 aliphatic carbocycles. The number of ether oxygens (including phenoxy) is 2. The Morgan fingerprint density at radius 1 is 0.929 bits per heavy atom. The summed E-state index contributed by atoms with van der Waals surface area (Å²) in [6.07, 6.45) is 6.28. The molecule has 4 aromatic rings. The number of rotatable bonds is 6. The van der Waals surface area contributed by atoms with Gasteiger partial charge in [0.05, 0.1) is 12.4 Å². The Balaban J connectivity index is 1.44. The van der Waals surface area contributed by atoms with Crippen molar-refractivity contribution in [2.75, 3.05) is 0 Å². The lowest BCUT2D eigenvalue weighted by atomic mass is 10.2. The van der Waals surface area contributed by atoms with Gasteiger partial charge in [-0.25, -0.2) is 14.8 Å². The second-order valence-electron chi connectivity index (χ2n) is 5.71. The number of nitrogens with zero attached hydrogens (tertiary/aromatic N) is 3. The number of aromatic nitrogens is 3. The van der Waals surface area contributed by atoms with Crippen LogP contribution in [0.3, 0.4) is 0 Å². The van der Waals surface area contributed by atoms with E-state index in [9.17, 15) is 4.79 Å². The average molecular weight is 373 g/mol. The standard InChI is InChI=1S/C21H15N3O4/c25-21(17-9-5-11-23-20(17)27-16-8-4-10-22-12-16)26-14-19-24-13-18(28-19)15-6-2-1-3-7-15/h1-13H,14H2. The van der Waals surface area contributed by atoms with E-state index in [1.165, 1.54) is 12.4 Å². The average Bonchev–Trinajstić information content (AvgIpc) is 3.23. The van der Waals surface area contributed by atoms with Crippen molar-refractivity contribution in [3.05, 3.63) is 90.8 Å². The highest BCUT2D eigenvalue weighted by Crippen LogP contribution is 2.24. The van der Waals surface area contributed by atoms with Gasteiger partial charge in [-0.2, -0.15) is 0 Å². The summed E-state index contributed by atoms with van der Waals surface area (Å²) in [6, 6.07) is 16.2. The summed E-state index contributed by atoms with van der Waals surface area (Å²) >= 11 is 0. The highest BCUT2D eigenvalue weighted by Gasteiger charge is 2.17. The molecular weight excluding hydrogens is 358 g/mol. The summed E-state index contributed by atoms with van der Waals surface area (Å²) in [5.41, 5.74) is 1.09. The smallest absolute Gasteiger partial charge is 0.344 e. The lowest BCUT2D eigenvalue weighted by Crippen LogP contribution is -2.08. The van der Waals surface area contributed by atoms with Crippen molar-refractivity contribution in [1.82, 2.24) is 15.0 Å². The van der Waals surface area contributed by atoms with Gasteiger partial charge < -0.3 is 13.9 Å². The molecule has 0 aliphatic heterocycles. The first-order valence-electron chi connectivity index (χ1n) is 8.50.